The van der Waals surface area contributed by atoms with Crippen LogP contribution in [0.5, 0.6) is 0 Å². The molecule has 1 aliphatic rings. The average Bonchev–Trinajstić information content (AvgIpc) is 3.20. The van der Waals surface area contributed by atoms with Gasteiger partial charge in [0.05, 0.1) is 16.9 Å². The lowest BCUT2D eigenvalue weighted by Gasteiger charge is -2.16. The lowest BCUT2D eigenvalue weighted by atomic mass is 10.1. The molecule has 1 saturated carbocycles. The zero-order chi connectivity index (χ0) is 16.2. The van der Waals surface area contributed by atoms with Crippen molar-refractivity contribution >= 4 is 15.9 Å². The Hall–Kier alpha value is -1.57. The minimum absolute atomic E-state index is 0.170. The van der Waals surface area contributed by atoms with Crippen LogP contribution in [0.4, 0.5) is 17.6 Å². The van der Waals surface area contributed by atoms with Crippen molar-refractivity contribution in [1.29, 1.82) is 0 Å². The van der Waals surface area contributed by atoms with Crippen LogP contribution in [0.25, 0.3) is 5.69 Å². The second kappa shape index (κ2) is 4.97. The summed E-state index contributed by atoms with van der Waals surface area (Å²) in [5.74, 6) is -0.831. The van der Waals surface area contributed by atoms with Crippen LogP contribution in [0.1, 0.15) is 30.0 Å². The van der Waals surface area contributed by atoms with E-state index in [9.17, 15) is 22.4 Å². The van der Waals surface area contributed by atoms with Crippen LogP contribution in [0.2, 0.25) is 0 Å². The third-order valence-corrected chi connectivity index (χ3v) is 4.46. The highest BCUT2D eigenvalue weighted by molar-refractivity contribution is 9.10. The number of aromatic nitrogens is 2. The first-order valence-corrected chi connectivity index (χ1v) is 7.35. The number of halogens is 5. The van der Waals surface area contributed by atoms with Crippen LogP contribution in [-0.2, 0) is 13.2 Å². The van der Waals surface area contributed by atoms with Crippen LogP contribution in [0, 0.1) is 5.82 Å². The molecule has 1 aromatic heterocycles. The van der Waals surface area contributed by atoms with E-state index in [2.05, 4.69) is 15.9 Å². The first kappa shape index (κ1) is 15.3. The number of benzene rings is 1. The van der Waals surface area contributed by atoms with Gasteiger partial charge >= 0.3 is 6.18 Å². The standard InChI is InChI=1S/C14H11BrF4N2O/c1-20-12(7-2-3-7)11(15)13(22)21(20)10-5-4-8(16)6-9(10)14(17,18)19/h4-7H,2-3H2,1H3. The highest BCUT2D eigenvalue weighted by Crippen LogP contribution is 2.43. The summed E-state index contributed by atoms with van der Waals surface area (Å²) in [5, 5.41) is 0. The molecular formula is C14H11BrF4N2O. The van der Waals surface area contributed by atoms with Gasteiger partial charge in [0.25, 0.3) is 5.56 Å². The van der Waals surface area contributed by atoms with E-state index >= 15 is 0 Å². The van der Waals surface area contributed by atoms with Gasteiger partial charge in [0.15, 0.2) is 0 Å². The Balaban J connectivity index is 2.29. The van der Waals surface area contributed by atoms with Crippen LogP contribution in [0.3, 0.4) is 0 Å². The third kappa shape index (κ3) is 2.39. The summed E-state index contributed by atoms with van der Waals surface area (Å²) in [6.07, 6.45) is -2.97. The van der Waals surface area contributed by atoms with Gasteiger partial charge in [-0.2, -0.15) is 13.2 Å². The molecule has 1 heterocycles. The van der Waals surface area contributed by atoms with Crippen molar-refractivity contribution in [1.82, 2.24) is 9.36 Å². The topological polar surface area (TPSA) is 26.9 Å². The van der Waals surface area contributed by atoms with Crippen LogP contribution in [-0.4, -0.2) is 9.36 Å². The predicted octanol–water partition coefficient (Wildman–Crippen LogP) is 3.97. The maximum absolute atomic E-state index is 13.2. The molecule has 0 spiro atoms. The van der Waals surface area contributed by atoms with Gasteiger partial charge in [0.2, 0.25) is 0 Å². The Morgan fingerprint density at radius 1 is 1.27 bits per heavy atom. The summed E-state index contributed by atoms with van der Waals surface area (Å²) in [6, 6.07) is 2.29. The van der Waals surface area contributed by atoms with Crippen molar-refractivity contribution in [3.05, 3.63) is 50.1 Å². The van der Waals surface area contributed by atoms with E-state index in [-0.39, 0.29) is 16.1 Å². The fourth-order valence-corrected chi connectivity index (χ4v) is 3.33. The van der Waals surface area contributed by atoms with Gasteiger partial charge in [-0.25, -0.2) is 9.07 Å². The molecule has 0 atom stereocenters. The Morgan fingerprint density at radius 2 is 1.91 bits per heavy atom. The molecule has 0 bridgehead atoms. The van der Waals surface area contributed by atoms with Gasteiger partial charge in [-0.15, -0.1) is 0 Å². The first-order chi connectivity index (χ1) is 10.2. The molecule has 8 heteroatoms. The normalized spacial score (nSPS) is 15.4. The zero-order valence-electron chi connectivity index (χ0n) is 11.4. The molecular weight excluding hydrogens is 368 g/mol. The molecule has 0 radical (unpaired) electrons. The number of nitrogens with zero attached hydrogens (tertiary/aromatic N) is 2. The lowest BCUT2D eigenvalue weighted by molar-refractivity contribution is -0.137. The molecule has 118 valence electrons. The quantitative estimate of drug-likeness (QED) is 0.726. The Morgan fingerprint density at radius 3 is 2.45 bits per heavy atom. The van der Waals surface area contributed by atoms with Crippen molar-refractivity contribution in [3.63, 3.8) is 0 Å². The van der Waals surface area contributed by atoms with E-state index in [4.69, 9.17) is 0 Å². The molecule has 22 heavy (non-hydrogen) atoms. The molecule has 0 aliphatic heterocycles. The lowest BCUT2D eigenvalue weighted by Crippen LogP contribution is -2.23. The summed E-state index contributed by atoms with van der Waals surface area (Å²) in [7, 11) is 1.53. The molecule has 3 nitrogen and oxygen atoms in total. The molecule has 1 aromatic carbocycles. The third-order valence-electron chi connectivity index (χ3n) is 3.71. The smallest absolute Gasteiger partial charge is 0.284 e. The number of alkyl halides is 3. The molecule has 2 aromatic rings. The largest absolute Gasteiger partial charge is 0.418 e. The van der Waals surface area contributed by atoms with Crippen LogP contribution < -0.4 is 5.56 Å². The highest BCUT2D eigenvalue weighted by atomic mass is 79.9. The molecule has 1 fully saturated rings. The minimum Gasteiger partial charge on any atom is -0.284 e. The Bertz CT molecular complexity index is 802. The molecule has 1 aliphatic carbocycles. The number of hydrogen-bond donors (Lipinski definition) is 0. The summed E-state index contributed by atoms with van der Waals surface area (Å²) in [4.78, 5) is 12.3. The minimum atomic E-state index is -4.76. The van der Waals surface area contributed by atoms with Gasteiger partial charge in [-0.3, -0.25) is 9.48 Å². The van der Waals surface area contributed by atoms with Gasteiger partial charge < -0.3 is 0 Å². The molecule has 3 rings (SSSR count). The van der Waals surface area contributed by atoms with E-state index in [1.807, 2.05) is 0 Å². The second-order valence-electron chi connectivity index (χ2n) is 5.27. The molecule has 0 saturated heterocycles. The van der Waals surface area contributed by atoms with Crippen molar-refractivity contribution in [2.75, 3.05) is 0 Å². The van der Waals surface area contributed by atoms with Crippen molar-refractivity contribution in [3.8, 4) is 5.69 Å². The summed E-state index contributed by atoms with van der Waals surface area (Å²) >= 11 is 3.17. The average molecular weight is 379 g/mol. The second-order valence-corrected chi connectivity index (χ2v) is 6.07. The van der Waals surface area contributed by atoms with E-state index in [0.29, 0.717) is 11.8 Å². The SMILES string of the molecule is Cn1c(C2CC2)c(Br)c(=O)n1-c1ccc(F)cc1C(F)(F)F. The van der Waals surface area contributed by atoms with E-state index in [1.54, 1.807) is 0 Å². The van der Waals surface area contributed by atoms with Crippen molar-refractivity contribution < 1.29 is 17.6 Å². The van der Waals surface area contributed by atoms with Gasteiger partial charge in [-0.05, 0) is 47.0 Å². The van der Waals surface area contributed by atoms with Gasteiger partial charge in [-0.1, -0.05) is 0 Å². The molecule has 0 N–H and O–H groups in total. The molecule has 0 amide bonds. The Kier molecular flexibility index (Phi) is 3.47. The van der Waals surface area contributed by atoms with Crippen molar-refractivity contribution in [2.45, 2.75) is 24.9 Å². The monoisotopic (exact) mass is 378 g/mol. The highest BCUT2D eigenvalue weighted by Gasteiger charge is 2.37. The first-order valence-electron chi connectivity index (χ1n) is 6.56. The zero-order valence-corrected chi connectivity index (χ0v) is 13.0. The fraction of sp³-hybridized carbons (Fsp3) is 0.357. The van der Waals surface area contributed by atoms with E-state index < -0.39 is 23.1 Å². The number of rotatable bonds is 2. The predicted molar refractivity (Wildman–Crippen MR) is 75.6 cm³/mol. The van der Waals surface area contributed by atoms with Gasteiger partial charge in [0.1, 0.15) is 10.3 Å². The van der Waals surface area contributed by atoms with Crippen molar-refractivity contribution in [2.24, 2.45) is 7.05 Å². The van der Waals surface area contributed by atoms with E-state index in [1.165, 1.54) is 11.7 Å². The maximum atomic E-state index is 13.2. The number of hydrogen-bond acceptors (Lipinski definition) is 1. The van der Waals surface area contributed by atoms with Gasteiger partial charge in [0, 0.05) is 13.0 Å². The Labute approximate surface area is 131 Å². The summed E-state index contributed by atoms with van der Waals surface area (Å²) in [5.41, 5.74) is -1.47. The van der Waals surface area contributed by atoms with Crippen LogP contribution >= 0.6 is 15.9 Å². The summed E-state index contributed by atoms with van der Waals surface area (Å²) in [6.45, 7) is 0. The van der Waals surface area contributed by atoms with Crippen LogP contribution in [0.15, 0.2) is 27.5 Å². The molecule has 0 unspecified atom stereocenters. The fourth-order valence-electron chi connectivity index (χ4n) is 2.58. The summed E-state index contributed by atoms with van der Waals surface area (Å²) < 4.78 is 55.3. The maximum Gasteiger partial charge on any atom is 0.418 e. The van der Waals surface area contributed by atoms with E-state index in [0.717, 1.165) is 29.7 Å².